The van der Waals surface area contributed by atoms with E-state index in [4.69, 9.17) is 0 Å². The van der Waals surface area contributed by atoms with Crippen molar-refractivity contribution >= 4 is 0 Å². The summed E-state index contributed by atoms with van der Waals surface area (Å²) < 4.78 is 0. The van der Waals surface area contributed by atoms with E-state index in [1.54, 1.807) is 0 Å². The van der Waals surface area contributed by atoms with Crippen LogP contribution in [0.5, 0.6) is 0 Å². The summed E-state index contributed by atoms with van der Waals surface area (Å²) in [6, 6.07) is 8.47. The molecule has 2 nitrogen and oxygen atoms in total. The van der Waals surface area contributed by atoms with Gasteiger partial charge in [0.25, 0.3) is 0 Å². The topological polar surface area (TPSA) is 25.8 Å². The summed E-state index contributed by atoms with van der Waals surface area (Å²) in [4.78, 5) is 8.59. The molecule has 0 aliphatic carbocycles. The van der Waals surface area contributed by atoms with E-state index in [1.165, 1.54) is 16.8 Å². The predicted molar refractivity (Wildman–Crippen MR) is 74.7 cm³/mol. The van der Waals surface area contributed by atoms with Gasteiger partial charge in [0.05, 0.1) is 0 Å². The van der Waals surface area contributed by atoms with Crippen molar-refractivity contribution in [2.45, 2.75) is 39.0 Å². The van der Waals surface area contributed by atoms with Crippen LogP contribution in [-0.4, -0.2) is 9.97 Å². The van der Waals surface area contributed by atoms with Crippen LogP contribution in [0.4, 0.5) is 0 Å². The van der Waals surface area contributed by atoms with E-state index >= 15 is 0 Å². The molecule has 2 aromatic heterocycles. The zero-order chi connectivity index (χ0) is 13.0. The smallest absolute Gasteiger partial charge is 0.0431 e. The molecular formula is C16H20N2. The van der Waals surface area contributed by atoms with E-state index in [9.17, 15) is 0 Å². The fourth-order valence-corrected chi connectivity index (χ4v) is 2.08. The van der Waals surface area contributed by atoms with Crippen molar-refractivity contribution < 1.29 is 0 Å². The molecule has 0 amide bonds. The largest absolute Gasteiger partial charge is 0.264 e. The predicted octanol–water partition coefficient (Wildman–Crippen LogP) is 3.95. The minimum Gasteiger partial charge on any atom is -0.264 e. The third-order valence-electron chi connectivity index (χ3n) is 3.23. The van der Waals surface area contributed by atoms with Crippen molar-refractivity contribution in [2.24, 2.45) is 0 Å². The Labute approximate surface area is 109 Å². The minimum atomic E-state index is 0.485. The SMILES string of the molecule is CC(C)c1cc(CC(C)c2cccnc2)ccn1. The summed E-state index contributed by atoms with van der Waals surface area (Å²) in [5.41, 5.74) is 3.82. The molecule has 0 aromatic carbocycles. The fourth-order valence-electron chi connectivity index (χ4n) is 2.08. The first-order chi connectivity index (χ1) is 8.66. The van der Waals surface area contributed by atoms with E-state index in [0.29, 0.717) is 11.8 Å². The van der Waals surface area contributed by atoms with Gasteiger partial charge >= 0.3 is 0 Å². The van der Waals surface area contributed by atoms with Gasteiger partial charge in [0, 0.05) is 24.3 Å². The maximum atomic E-state index is 4.41. The lowest BCUT2D eigenvalue weighted by Gasteiger charge is -2.13. The molecule has 1 unspecified atom stereocenters. The Hall–Kier alpha value is -1.70. The van der Waals surface area contributed by atoms with E-state index in [0.717, 1.165) is 6.42 Å². The zero-order valence-corrected chi connectivity index (χ0v) is 11.3. The summed E-state index contributed by atoms with van der Waals surface area (Å²) in [5, 5.41) is 0. The van der Waals surface area contributed by atoms with Crippen molar-refractivity contribution in [3.8, 4) is 0 Å². The van der Waals surface area contributed by atoms with Crippen LogP contribution < -0.4 is 0 Å². The lowest BCUT2D eigenvalue weighted by Crippen LogP contribution is -2.01. The highest BCUT2D eigenvalue weighted by atomic mass is 14.7. The van der Waals surface area contributed by atoms with Crippen molar-refractivity contribution in [1.29, 1.82) is 0 Å². The molecule has 0 aliphatic rings. The Kier molecular flexibility index (Phi) is 4.08. The molecule has 2 heterocycles. The molecule has 0 fully saturated rings. The van der Waals surface area contributed by atoms with Gasteiger partial charge in [-0.3, -0.25) is 9.97 Å². The molecule has 2 aromatic rings. The van der Waals surface area contributed by atoms with Crippen LogP contribution in [0.15, 0.2) is 42.9 Å². The first-order valence-corrected chi connectivity index (χ1v) is 6.51. The highest BCUT2D eigenvalue weighted by Crippen LogP contribution is 2.21. The number of nitrogens with zero attached hydrogens (tertiary/aromatic N) is 2. The third kappa shape index (κ3) is 3.16. The number of hydrogen-bond acceptors (Lipinski definition) is 2. The highest BCUT2D eigenvalue weighted by molar-refractivity contribution is 5.23. The molecule has 2 rings (SSSR count). The molecule has 18 heavy (non-hydrogen) atoms. The summed E-state index contributed by atoms with van der Waals surface area (Å²) in [5.74, 6) is 0.972. The molecule has 0 spiro atoms. The van der Waals surface area contributed by atoms with Gasteiger partial charge in [-0.1, -0.05) is 26.8 Å². The van der Waals surface area contributed by atoms with Crippen LogP contribution in [-0.2, 0) is 6.42 Å². The lowest BCUT2D eigenvalue weighted by atomic mass is 9.94. The van der Waals surface area contributed by atoms with Gasteiger partial charge in [0.2, 0.25) is 0 Å². The first kappa shape index (κ1) is 12.7. The van der Waals surface area contributed by atoms with Gasteiger partial charge in [0.15, 0.2) is 0 Å². The molecule has 2 heteroatoms. The quantitative estimate of drug-likeness (QED) is 0.808. The second kappa shape index (κ2) is 5.76. The molecule has 0 saturated heterocycles. The van der Waals surface area contributed by atoms with Gasteiger partial charge in [-0.2, -0.15) is 0 Å². The van der Waals surface area contributed by atoms with Crippen molar-refractivity contribution in [1.82, 2.24) is 9.97 Å². The zero-order valence-electron chi connectivity index (χ0n) is 11.3. The summed E-state index contributed by atoms with van der Waals surface area (Å²) in [7, 11) is 0. The van der Waals surface area contributed by atoms with Gasteiger partial charge in [-0.15, -0.1) is 0 Å². The van der Waals surface area contributed by atoms with Gasteiger partial charge in [-0.25, -0.2) is 0 Å². The van der Waals surface area contributed by atoms with Crippen LogP contribution in [0.3, 0.4) is 0 Å². The van der Waals surface area contributed by atoms with E-state index in [2.05, 4.69) is 48.9 Å². The minimum absolute atomic E-state index is 0.485. The molecule has 0 saturated carbocycles. The van der Waals surface area contributed by atoms with E-state index < -0.39 is 0 Å². The first-order valence-electron chi connectivity index (χ1n) is 6.51. The van der Waals surface area contributed by atoms with Crippen LogP contribution in [0.25, 0.3) is 0 Å². The Bertz CT molecular complexity index is 491. The molecule has 0 aliphatic heterocycles. The Morgan fingerprint density at radius 2 is 1.94 bits per heavy atom. The Morgan fingerprint density at radius 1 is 1.11 bits per heavy atom. The summed E-state index contributed by atoms with van der Waals surface area (Å²) in [6.45, 7) is 6.60. The maximum absolute atomic E-state index is 4.41. The fraction of sp³-hybridized carbons (Fsp3) is 0.375. The normalized spacial score (nSPS) is 12.7. The second-order valence-electron chi connectivity index (χ2n) is 5.14. The molecule has 94 valence electrons. The van der Waals surface area contributed by atoms with Gasteiger partial charge in [0.1, 0.15) is 0 Å². The van der Waals surface area contributed by atoms with E-state index in [1.807, 2.05) is 24.7 Å². The Morgan fingerprint density at radius 3 is 2.61 bits per heavy atom. The standard InChI is InChI=1S/C16H20N2/c1-12(2)16-10-14(6-8-18-16)9-13(3)15-5-4-7-17-11-15/h4-8,10-13H,9H2,1-3H3. The molecule has 0 radical (unpaired) electrons. The van der Waals surface area contributed by atoms with Crippen molar-refractivity contribution in [2.75, 3.05) is 0 Å². The molecular weight excluding hydrogens is 220 g/mol. The summed E-state index contributed by atoms with van der Waals surface area (Å²) in [6.07, 6.45) is 6.73. The number of hydrogen-bond donors (Lipinski definition) is 0. The molecule has 0 N–H and O–H groups in total. The average Bonchev–Trinajstić information content (AvgIpc) is 2.40. The second-order valence-corrected chi connectivity index (χ2v) is 5.14. The van der Waals surface area contributed by atoms with Gasteiger partial charge in [-0.05, 0) is 47.6 Å². The number of pyridine rings is 2. The van der Waals surface area contributed by atoms with Crippen LogP contribution >= 0.6 is 0 Å². The lowest BCUT2D eigenvalue weighted by molar-refractivity contribution is 0.745. The highest BCUT2D eigenvalue weighted by Gasteiger charge is 2.08. The summed E-state index contributed by atoms with van der Waals surface area (Å²) >= 11 is 0. The van der Waals surface area contributed by atoms with Crippen molar-refractivity contribution in [3.63, 3.8) is 0 Å². The maximum Gasteiger partial charge on any atom is 0.0431 e. The van der Waals surface area contributed by atoms with Crippen LogP contribution in [0, 0.1) is 0 Å². The van der Waals surface area contributed by atoms with E-state index in [-0.39, 0.29) is 0 Å². The number of aromatic nitrogens is 2. The third-order valence-corrected chi connectivity index (χ3v) is 3.23. The average molecular weight is 240 g/mol. The molecule has 1 atom stereocenters. The monoisotopic (exact) mass is 240 g/mol. The number of rotatable bonds is 4. The Balaban J connectivity index is 2.12. The van der Waals surface area contributed by atoms with Crippen LogP contribution in [0.1, 0.15) is 49.4 Å². The molecule has 0 bridgehead atoms. The van der Waals surface area contributed by atoms with Gasteiger partial charge < -0.3 is 0 Å². The van der Waals surface area contributed by atoms with Crippen LogP contribution in [0.2, 0.25) is 0 Å². The van der Waals surface area contributed by atoms with Crippen molar-refractivity contribution in [3.05, 3.63) is 59.7 Å².